The summed E-state index contributed by atoms with van der Waals surface area (Å²) in [5, 5.41) is 2.87. The van der Waals surface area contributed by atoms with Crippen molar-refractivity contribution >= 4 is 11.6 Å². The van der Waals surface area contributed by atoms with Crippen molar-refractivity contribution < 1.29 is 4.79 Å². The van der Waals surface area contributed by atoms with Gasteiger partial charge in [-0.3, -0.25) is 4.79 Å². The topological polar surface area (TPSA) is 29.1 Å². The number of rotatable bonds is 3. The molecular weight excluding hydrogens is 210 g/mol. The van der Waals surface area contributed by atoms with Crippen LogP contribution in [0.25, 0.3) is 0 Å². The molecule has 2 rings (SSSR count). The molecule has 17 heavy (non-hydrogen) atoms. The molecule has 0 unspecified atom stereocenters. The first-order chi connectivity index (χ1) is 8.24. The van der Waals surface area contributed by atoms with Crippen LogP contribution in [0.4, 0.5) is 5.69 Å². The van der Waals surface area contributed by atoms with E-state index in [1.807, 2.05) is 61.5 Å². The molecule has 2 nitrogen and oxygen atoms in total. The Morgan fingerprint density at radius 3 is 2.53 bits per heavy atom. The molecule has 2 aromatic rings. The Hall–Kier alpha value is -2.09. The monoisotopic (exact) mass is 225 g/mol. The van der Waals surface area contributed by atoms with Crippen molar-refractivity contribution in [2.24, 2.45) is 0 Å². The third kappa shape index (κ3) is 3.45. The first-order valence-electron chi connectivity index (χ1n) is 5.64. The second-order valence-corrected chi connectivity index (χ2v) is 4.08. The molecule has 0 saturated carbocycles. The molecule has 0 aromatic heterocycles. The van der Waals surface area contributed by atoms with Gasteiger partial charge in [0.25, 0.3) is 0 Å². The number of nitrogens with one attached hydrogen (secondary N) is 1. The van der Waals surface area contributed by atoms with Gasteiger partial charge >= 0.3 is 0 Å². The van der Waals surface area contributed by atoms with E-state index in [0.717, 1.165) is 11.3 Å². The molecule has 86 valence electrons. The third-order valence-electron chi connectivity index (χ3n) is 2.50. The Kier molecular flexibility index (Phi) is 3.55. The van der Waals surface area contributed by atoms with Gasteiger partial charge < -0.3 is 5.32 Å². The molecule has 0 fully saturated rings. The Balaban J connectivity index is 1.98. The van der Waals surface area contributed by atoms with Gasteiger partial charge in [-0.1, -0.05) is 48.0 Å². The van der Waals surface area contributed by atoms with Crippen LogP contribution in [0.3, 0.4) is 0 Å². The molecule has 0 aliphatic carbocycles. The normalized spacial score (nSPS) is 9.94. The van der Waals surface area contributed by atoms with Crippen LogP contribution >= 0.6 is 0 Å². The number of para-hydroxylation sites is 1. The molecule has 0 spiro atoms. The number of carbonyl (C=O) groups is 1. The number of hydrogen-bond donors (Lipinski definition) is 1. The van der Waals surface area contributed by atoms with Gasteiger partial charge in [0.05, 0.1) is 6.42 Å². The molecule has 2 heteroatoms. The number of aryl methyl sites for hydroxylation is 1. The first-order valence-corrected chi connectivity index (χ1v) is 5.64. The molecule has 1 N–H and O–H groups in total. The average Bonchev–Trinajstić information content (AvgIpc) is 2.30. The van der Waals surface area contributed by atoms with Gasteiger partial charge in [-0.05, 0) is 24.6 Å². The Labute approximate surface area is 101 Å². The molecule has 0 heterocycles. The van der Waals surface area contributed by atoms with Crippen molar-refractivity contribution in [2.45, 2.75) is 13.3 Å². The van der Waals surface area contributed by atoms with E-state index in [1.165, 1.54) is 5.56 Å². The summed E-state index contributed by atoms with van der Waals surface area (Å²) in [5.41, 5.74) is 3.05. The zero-order valence-electron chi connectivity index (χ0n) is 9.81. The predicted molar refractivity (Wildman–Crippen MR) is 70.0 cm³/mol. The lowest BCUT2D eigenvalue weighted by atomic mass is 10.1. The minimum atomic E-state index is 0.0156. The Morgan fingerprint density at radius 1 is 1.06 bits per heavy atom. The van der Waals surface area contributed by atoms with Crippen molar-refractivity contribution in [3.63, 3.8) is 0 Å². The SMILES string of the molecule is Cc1cccc(CC(=O)Nc2ccccc2)c1. The van der Waals surface area contributed by atoms with Crippen LogP contribution in [0.1, 0.15) is 11.1 Å². The summed E-state index contributed by atoms with van der Waals surface area (Å²) >= 11 is 0. The number of amides is 1. The highest BCUT2D eigenvalue weighted by atomic mass is 16.1. The summed E-state index contributed by atoms with van der Waals surface area (Å²) < 4.78 is 0. The van der Waals surface area contributed by atoms with E-state index in [9.17, 15) is 4.79 Å². The number of benzene rings is 2. The fraction of sp³-hybridized carbons (Fsp3) is 0.133. The van der Waals surface area contributed by atoms with Gasteiger partial charge in [-0.25, -0.2) is 0 Å². The molecule has 0 bridgehead atoms. The molecule has 1 amide bonds. The van der Waals surface area contributed by atoms with Crippen molar-refractivity contribution in [3.8, 4) is 0 Å². The summed E-state index contributed by atoms with van der Waals surface area (Å²) in [6, 6.07) is 17.5. The molecular formula is C15H15NO. The van der Waals surface area contributed by atoms with E-state index in [0.29, 0.717) is 6.42 Å². The van der Waals surface area contributed by atoms with E-state index in [1.54, 1.807) is 0 Å². The van der Waals surface area contributed by atoms with Crippen molar-refractivity contribution in [2.75, 3.05) is 5.32 Å². The quantitative estimate of drug-likeness (QED) is 0.854. The number of carbonyl (C=O) groups excluding carboxylic acids is 1. The van der Waals surface area contributed by atoms with Crippen LogP contribution < -0.4 is 5.32 Å². The second-order valence-electron chi connectivity index (χ2n) is 4.08. The smallest absolute Gasteiger partial charge is 0.228 e. The summed E-state index contributed by atoms with van der Waals surface area (Å²) in [6.45, 7) is 2.03. The van der Waals surface area contributed by atoms with Crippen molar-refractivity contribution in [1.82, 2.24) is 0 Å². The third-order valence-corrected chi connectivity index (χ3v) is 2.50. The average molecular weight is 225 g/mol. The lowest BCUT2D eigenvalue weighted by molar-refractivity contribution is -0.115. The standard InChI is InChI=1S/C15H15NO/c1-12-6-5-7-13(10-12)11-15(17)16-14-8-3-2-4-9-14/h2-10H,11H2,1H3,(H,16,17). The lowest BCUT2D eigenvalue weighted by Gasteiger charge is -2.05. The van der Waals surface area contributed by atoms with Gasteiger partial charge in [0.1, 0.15) is 0 Å². The minimum absolute atomic E-state index is 0.0156. The van der Waals surface area contributed by atoms with Gasteiger partial charge in [-0.2, -0.15) is 0 Å². The molecule has 0 saturated heterocycles. The highest BCUT2D eigenvalue weighted by Gasteiger charge is 2.03. The van der Waals surface area contributed by atoms with Crippen LogP contribution in [0.2, 0.25) is 0 Å². The van der Waals surface area contributed by atoms with Gasteiger partial charge in [-0.15, -0.1) is 0 Å². The molecule has 2 aromatic carbocycles. The van der Waals surface area contributed by atoms with Crippen molar-refractivity contribution in [1.29, 1.82) is 0 Å². The predicted octanol–water partition coefficient (Wildman–Crippen LogP) is 3.18. The van der Waals surface area contributed by atoms with Crippen LogP contribution in [0, 0.1) is 6.92 Å². The molecule has 0 atom stereocenters. The molecule has 0 aliphatic rings. The number of anilines is 1. The van der Waals surface area contributed by atoms with E-state index in [2.05, 4.69) is 5.32 Å². The lowest BCUT2D eigenvalue weighted by Crippen LogP contribution is -2.14. The first kappa shape index (κ1) is 11.4. The fourth-order valence-electron chi connectivity index (χ4n) is 1.73. The second kappa shape index (κ2) is 5.30. The van der Waals surface area contributed by atoms with Gasteiger partial charge in [0.15, 0.2) is 0 Å². The number of hydrogen-bond acceptors (Lipinski definition) is 1. The Bertz CT molecular complexity index is 505. The van der Waals surface area contributed by atoms with E-state index < -0.39 is 0 Å². The van der Waals surface area contributed by atoms with Crippen molar-refractivity contribution in [3.05, 3.63) is 65.7 Å². The maximum Gasteiger partial charge on any atom is 0.228 e. The van der Waals surface area contributed by atoms with Gasteiger partial charge in [0.2, 0.25) is 5.91 Å². The highest BCUT2D eigenvalue weighted by molar-refractivity contribution is 5.92. The van der Waals surface area contributed by atoms with Gasteiger partial charge in [0, 0.05) is 5.69 Å². The van der Waals surface area contributed by atoms with Crippen LogP contribution in [-0.2, 0) is 11.2 Å². The largest absolute Gasteiger partial charge is 0.326 e. The highest BCUT2D eigenvalue weighted by Crippen LogP contribution is 2.08. The van der Waals surface area contributed by atoms with Crippen LogP contribution in [0.5, 0.6) is 0 Å². The van der Waals surface area contributed by atoms with E-state index in [-0.39, 0.29) is 5.91 Å². The molecule has 0 radical (unpaired) electrons. The van der Waals surface area contributed by atoms with E-state index in [4.69, 9.17) is 0 Å². The molecule has 0 aliphatic heterocycles. The fourth-order valence-corrected chi connectivity index (χ4v) is 1.73. The van der Waals surface area contributed by atoms with E-state index >= 15 is 0 Å². The van der Waals surface area contributed by atoms with Crippen LogP contribution in [0.15, 0.2) is 54.6 Å². The summed E-state index contributed by atoms with van der Waals surface area (Å²) in [7, 11) is 0. The summed E-state index contributed by atoms with van der Waals surface area (Å²) in [5.74, 6) is 0.0156. The maximum absolute atomic E-state index is 11.8. The summed E-state index contributed by atoms with van der Waals surface area (Å²) in [4.78, 5) is 11.8. The van der Waals surface area contributed by atoms with Crippen LogP contribution in [-0.4, -0.2) is 5.91 Å². The minimum Gasteiger partial charge on any atom is -0.326 e. The zero-order valence-corrected chi connectivity index (χ0v) is 9.81. The zero-order chi connectivity index (χ0) is 12.1. The summed E-state index contributed by atoms with van der Waals surface area (Å²) in [6.07, 6.45) is 0.413. The Morgan fingerprint density at radius 2 is 1.82 bits per heavy atom. The maximum atomic E-state index is 11.8.